The van der Waals surface area contributed by atoms with Gasteiger partial charge in [0.15, 0.2) is 0 Å². The van der Waals surface area contributed by atoms with E-state index in [-0.39, 0.29) is 18.1 Å². The SMILES string of the molecule is O=C(Cc1ccccn1)Nc1ccc(CC[NH2+]CC(O)c2ccc(O)cc2)cc1. The second-order valence-electron chi connectivity index (χ2n) is 6.91. The van der Waals surface area contributed by atoms with E-state index in [0.717, 1.165) is 29.9 Å². The molecule has 6 heteroatoms. The van der Waals surface area contributed by atoms with Crippen LogP contribution in [0.1, 0.15) is 22.9 Å². The topological polar surface area (TPSA) is 99.1 Å². The van der Waals surface area contributed by atoms with Crippen LogP contribution in [0.25, 0.3) is 0 Å². The highest BCUT2D eigenvalue weighted by Crippen LogP contribution is 2.15. The molecule has 1 heterocycles. The van der Waals surface area contributed by atoms with Gasteiger partial charge < -0.3 is 20.8 Å². The number of aliphatic hydroxyl groups is 1. The highest BCUT2D eigenvalue weighted by Gasteiger charge is 2.09. The van der Waals surface area contributed by atoms with Gasteiger partial charge in [0.2, 0.25) is 5.91 Å². The number of amides is 1. The Morgan fingerprint density at radius 1 is 1.03 bits per heavy atom. The minimum absolute atomic E-state index is 0.0898. The number of phenols is 1. The van der Waals surface area contributed by atoms with Crippen molar-refractivity contribution in [3.05, 3.63) is 89.7 Å². The molecule has 1 amide bonds. The predicted molar refractivity (Wildman–Crippen MR) is 111 cm³/mol. The molecule has 6 nitrogen and oxygen atoms in total. The van der Waals surface area contributed by atoms with Gasteiger partial charge in [0, 0.05) is 24.0 Å². The van der Waals surface area contributed by atoms with Gasteiger partial charge in [0.05, 0.1) is 13.0 Å². The van der Waals surface area contributed by atoms with Gasteiger partial charge in [0.25, 0.3) is 0 Å². The van der Waals surface area contributed by atoms with Crippen LogP contribution >= 0.6 is 0 Å². The molecule has 2 aromatic carbocycles. The zero-order valence-corrected chi connectivity index (χ0v) is 16.2. The smallest absolute Gasteiger partial charge is 0.230 e. The van der Waals surface area contributed by atoms with Crippen LogP contribution in [0.3, 0.4) is 0 Å². The van der Waals surface area contributed by atoms with E-state index in [1.165, 1.54) is 5.56 Å². The average Bonchev–Trinajstić information content (AvgIpc) is 2.73. The first kappa shape index (κ1) is 20.5. The Bertz CT molecular complexity index is 897. The zero-order valence-electron chi connectivity index (χ0n) is 16.2. The number of hydrogen-bond acceptors (Lipinski definition) is 4. The normalized spacial score (nSPS) is 11.8. The number of carbonyl (C=O) groups is 1. The van der Waals surface area contributed by atoms with Crippen LogP contribution < -0.4 is 10.6 Å². The summed E-state index contributed by atoms with van der Waals surface area (Å²) in [5.41, 5.74) is 3.47. The largest absolute Gasteiger partial charge is 0.508 e. The van der Waals surface area contributed by atoms with E-state index in [2.05, 4.69) is 15.6 Å². The third kappa shape index (κ3) is 6.71. The molecule has 0 aliphatic rings. The van der Waals surface area contributed by atoms with Crippen LogP contribution in [0.4, 0.5) is 5.69 Å². The van der Waals surface area contributed by atoms with Crippen molar-refractivity contribution < 1.29 is 20.3 Å². The Labute approximate surface area is 170 Å². The van der Waals surface area contributed by atoms with Crippen LogP contribution in [-0.2, 0) is 17.6 Å². The summed E-state index contributed by atoms with van der Waals surface area (Å²) in [6, 6.07) is 19.9. The first-order valence-electron chi connectivity index (χ1n) is 9.67. The van der Waals surface area contributed by atoms with Crippen LogP contribution in [-0.4, -0.2) is 34.2 Å². The highest BCUT2D eigenvalue weighted by molar-refractivity contribution is 5.91. The third-order valence-corrected chi connectivity index (χ3v) is 4.61. The van der Waals surface area contributed by atoms with Crippen molar-refractivity contribution >= 4 is 11.6 Å². The van der Waals surface area contributed by atoms with Crippen LogP contribution in [0.5, 0.6) is 5.75 Å². The number of quaternary nitrogens is 1. The van der Waals surface area contributed by atoms with Crippen molar-refractivity contribution in [2.45, 2.75) is 18.9 Å². The lowest BCUT2D eigenvalue weighted by atomic mass is 10.1. The number of rotatable bonds is 9. The van der Waals surface area contributed by atoms with Crippen molar-refractivity contribution in [3.63, 3.8) is 0 Å². The Morgan fingerprint density at radius 2 is 1.79 bits per heavy atom. The van der Waals surface area contributed by atoms with E-state index in [9.17, 15) is 15.0 Å². The summed E-state index contributed by atoms with van der Waals surface area (Å²) >= 11 is 0. The molecular formula is C23H26N3O3+. The molecule has 0 radical (unpaired) electrons. The monoisotopic (exact) mass is 392 g/mol. The van der Waals surface area contributed by atoms with Gasteiger partial charge in [-0.3, -0.25) is 9.78 Å². The number of pyridine rings is 1. The maximum Gasteiger partial charge on any atom is 0.230 e. The van der Waals surface area contributed by atoms with Gasteiger partial charge in [0.1, 0.15) is 18.4 Å². The Morgan fingerprint density at radius 3 is 2.48 bits per heavy atom. The molecule has 0 bridgehead atoms. The molecule has 0 saturated heterocycles. The molecule has 5 N–H and O–H groups in total. The van der Waals surface area contributed by atoms with Gasteiger partial charge in [-0.15, -0.1) is 0 Å². The number of hydrogen-bond donors (Lipinski definition) is 4. The molecule has 0 aliphatic carbocycles. The molecular weight excluding hydrogens is 366 g/mol. The van der Waals surface area contributed by atoms with E-state index in [1.807, 2.05) is 42.5 Å². The van der Waals surface area contributed by atoms with Crippen LogP contribution in [0.2, 0.25) is 0 Å². The number of anilines is 1. The fraction of sp³-hybridized carbons (Fsp3) is 0.217. The van der Waals surface area contributed by atoms with Crippen LogP contribution in [0.15, 0.2) is 72.9 Å². The molecule has 1 aromatic heterocycles. The van der Waals surface area contributed by atoms with Crippen molar-refractivity contribution in [3.8, 4) is 5.75 Å². The quantitative estimate of drug-likeness (QED) is 0.417. The molecule has 1 unspecified atom stereocenters. The van der Waals surface area contributed by atoms with Crippen molar-refractivity contribution in [2.75, 3.05) is 18.4 Å². The fourth-order valence-electron chi connectivity index (χ4n) is 3.00. The summed E-state index contributed by atoms with van der Waals surface area (Å²) < 4.78 is 0. The minimum Gasteiger partial charge on any atom is -0.508 e. The number of aromatic nitrogens is 1. The van der Waals surface area contributed by atoms with E-state index in [1.54, 1.807) is 30.5 Å². The highest BCUT2D eigenvalue weighted by atomic mass is 16.3. The number of nitrogens with one attached hydrogen (secondary N) is 1. The molecule has 1 atom stereocenters. The standard InChI is InChI=1S/C23H25N3O3/c27-21-10-6-18(7-11-21)22(28)16-24-14-12-17-4-8-19(9-5-17)26-23(29)15-20-3-1-2-13-25-20/h1-11,13,22,24,27-28H,12,14-16H2,(H,26,29)/p+1. The summed E-state index contributed by atoms with van der Waals surface area (Å²) in [4.78, 5) is 16.2. The molecule has 3 aromatic rings. The lowest BCUT2D eigenvalue weighted by Crippen LogP contribution is -2.85. The maximum absolute atomic E-state index is 12.1. The minimum atomic E-state index is -0.563. The van der Waals surface area contributed by atoms with Gasteiger partial charge in [-0.25, -0.2) is 0 Å². The molecule has 0 saturated carbocycles. The van der Waals surface area contributed by atoms with Gasteiger partial charge >= 0.3 is 0 Å². The number of phenolic OH excluding ortho intramolecular Hbond substituents is 1. The maximum atomic E-state index is 12.1. The first-order chi connectivity index (χ1) is 14.1. The van der Waals surface area contributed by atoms with E-state index in [0.29, 0.717) is 6.54 Å². The molecule has 0 spiro atoms. The molecule has 3 rings (SSSR count). The van der Waals surface area contributed by atoms with Gasteiger partial charge in [-0.2, -0.15) is 0 Å². The predicted octanol–water partition coefficient (Wildman–Crippen LogP) is 1.81. The molecule has 0 fully saturated rings. The number of nitrogens with two attached hydrogens (primary N) is 1. The average molecular weight is 392 g/mol. The van der Waals surface area contributed by atoms with E-state index >= 15 is 0 Å². The fourth-order valence-corrected chi connectivity index (χ4v) is 3.00. The Kier molecular flexibility index (Phi) is 7.33. The van der Waals surface area contributed by atoms with Gasteiger partial charge in [-0.1, -0.05) is 30.3 Å². The number of carbonyl (C=O) groups excluding carboxylic acids is 1. The first-order valence-corrected chi connectivity index (χ1v) is 9.67. The number of benzene rings is 2. The molecule has 0 aliphatic heterocycles. The number of aliphatic hydroxyl groups excluding tert-OH is 1. The Hall–Kier alpha value is -3.22. The lowest BCUT2D eigenvalue weighted by Gasteiger charge is -2.10. The second-order valence-corrected chi connectivity index (χ2v) is 6.91. The van der Waals surface area contributed by atoms with Crippen LogP contribution in [0, 0.1) is 0 Å². The second kappa shape index (κ2) is 10.4. The lowest BCUT2D eigenvalue weighted by molar-refractivity contribution is -0.661. The summed E-state index contributed by atoms with van der Waals surface area (Å²) in [5, 5.41) is 24.4. The number of aromatic hydroxyl groups is 1. The van der Waals surface area contributed by atoms with Crippen molar-refractivity contribution in [1.82, 2.24) is 4.98 Å². The van der Waals surface area contributed by atoms with Crippen molar-refractivity contribution in [1.29, 1.82) is 0 Å². The summed E-state index contributed by atoms with van der Waals surface area (Å²) in [5.74, 6) is 0.106. The summed E-state index contributed by atoms with van der Waals surface area (Å²) in [7, 11) is 0. The third-order valence-electron chi connectivity index (χ3n) is 4.61. The van der Waals surface area contributed by atoms with Crippen molar-refractivity contribution in [2.24, 2.45) is 0 Å². The van der Waals surface area contributed by atoms with E-state index in [4.69, 9.17) is 0 Å². The molecule has 29 heavy (non-hydrogen) atoms. The number of nitrogens with zero attached hydrogens (tertiary/aromatic N) is 1. The zero-order chi connectivity index (χ0) is 20.5. The van der Waals surface area contributed by atoms with Gasteiger partial charge in [-0.05, 0) is 47.5 Å². The molecule has 150 valence electrons. The Balaban J connectivity index is 1.39. The summed E-state index contributed by atoms with van der Waals surface area (Å²) in [6.45, 7) is 1.41. The summed E-state index contributed by atoms with van der Waals surface area (Å²) in [6.07, 6.45) is 2.23. The van der Waals surface area contributed by atoms with E-state index < -0.39 is 6.10 Å².